The topological polar surface area (TPSA) is 98.5 Å². The molecule has 3 aromatic carbocycles. The number of aromatic nitrogens is 3. The number of nitrogens with one attached hydrogen (secondary N) is 1. The van der Waals surface area contributed by atoms with Gasteiger partial charge in [0.05, 0.1) is 41.3 Å². The molecule has 238 valence electrons. The summed E-state index contributed by atoms with van der Waals surface area (Å²) in [7, 11) is 0. The molecule has 4 aromatic rings. The Labute approximate surface area is 263 Å². The van der Waals surface area contributed by atoms with Crippen molar-refractivity contribution in [3.05, 3.63) is 112 Å². The average Bonchev–Trinajstić information content (AvgIpc) is 3.51. The van der Waals surface area contributed by atoms with E-state index in [0.29, 0.717) is 5.56 Å². The van der Waals surface area contributed by atoms with Crippen LogP contribution in [0.5, 0.6) is 0 Å². The summed E-state index contributed by atoms with van der Waals surface area (Å²) in [6.45, 7) is 2.03. The highest BCUT2D eigenvalue weighted by molar-refractivity contribution is 8.00. The van der Waals surface area contributed by atoms with Gasteiger partial charge in [0.15, 0.2) is 6.29 Å². The van der Waals surface area contributed by atoms with Crippen LogP contribution in [0, 0.1) is 11.6 Å². The zero-order valence-electron chi connectivity index (χ0n) is 23.5. The number of alkyl halides is 3. The van der Waals surface area contributed by atoms with Crippen LogP contribution in [0.15, 0.2) is 73.3 Å². The summed E-state index contributed by atoms with van der Waals surface area (Å²) < 4.78 is 80.3. The van der Waals surface area contributed by atoms with Gasteiger partial charge >= 0.3 is 6.18 Å². The maximum atomic E-state index is 14.8. The monoisotopic (exact) mass is 668 g/mol. The van der Waals surface area contributed by atoms with Crippen molar-refractivity contribution in [1.82, 2.24) is 14.8 Å². The van der Waals surface area contributed by atoms with Gasteiger partial charge in [0, 0.05) is 28.0 Å². The van der Waals surface area contributed by atoms with Gasteiger partial charge in [-0.05, 0) is 36.4 Å². The second-order valence-corrected chi connectivity index (χ2v) is 12.4. The summed E-state index contributed by atoms with van der Waals surface area (Å²) in [5, 5.41) is 17.1. The number of rotatable bonds is 9. The van der Waals surface area contributed by atoms with Gasteiger partial charge in [0.25, 0.3) is 5.91 Å². The van der Waals surface area contributed by atoms with Crippen molar-refractivity contribution < 1.29 is 41.3 Å². The molecule has 5 rings (SSSR count). The molecule has 15 heteroatoms. The molecule has 45 heavy (non-hydrogen) atoms. The average molecular weight is 669 g/mol. The molecular weight excluding hydrogens is 643 g/mol. The Balaban J connectivity index is 1.19. The lowest BCUT2D eigenvalue weighted by atomic mass is 9.90. The first kappa shape index (κ1) is 32.8. The van der Waals surface area contributed by atoms with E-state index in [4.69, 9.17) is 21.1 Å². The van der Waals surface area contributed by atoms with Crippen LogP contribution in [0.4, 0.5) is 27.6 Å². The van der Waals surface area contributed by atoms with E-state index in [9.17, 15) is 31.9 Å². The van der Waals surface area contributed by atoms with Crippen LogP contribution in [-0.4, -0.2) is 49.5 Å². The minimum atomic E-state index is -4.56. The van der Waals surface area contributed by atoms with Crippen LogP contribution in [0.25, 0.3) is 0 Å². The minimum Gasteiger partial charge on any atom is -0.382 e. The number of aliphatic hydroxyl groups is 1. The largest absolute Gasteiger partial charge is 0.416 e. The molecule has 1 aromatic heterocycles. The smallest absolute Gasteiger partial charge is 0.382 e. The lowest BCUT2D eigenvalue weighted by molar-refractivity contribution is -0.180. The first-order valence-corrected chi connectivity index (χ1v) is 14.8. The lowest BCUT2D eigenvalue weighted by Crippen LogP contribution is -2.43. The van der Waals surface area contributed by atoms with Gasteiger partial charge in [-0.1, -0.05) is 36.7 Å². The molecule has 1 aliphatic rings. The second kappa shape index (κ2) is 13.4. The van der Waals surface area contributed by atoms with Crippen LogP contribution >= 0.6 is 23.4 Å². The number of nitrogens with zero attached hydrogens (tertiary/aromatic N) is 3. The molecule has 0 saturated carbocycles. The zero-order chi connectivity index (χ0) is 32.4. The fourth-order valence-electron chi connectivity index (χ4n) is 4.77. The molecule has 2 atom stereocenters. The quantitative estimate of drug-likeness (QED) is 0.194. The van der Waals surface area contributed by atoms with Crippen LogP contribution in [-0.2, 0) is 27.8 Å². The van der Waals surface area contributed by atoms with Crippen molar-refractivity contribution in [3.63, 3.8) is 0 Å². The molecule has 8 nitrogen and oxygen atoms in total. The third-order valence-electron chi connectivity index (χ3n) is 7.19. The molecule has 2 heterocycles. The van der Waals surface area contributed by atoms with Gasteiger partial charge in [-0.15, -0.1) is 11.8 Å². The van der Waals surface area contributed by atoms with E-state index in [-0.39, 0.29) is 46.8 Å². The third kappa shape index (κ3) is 7.64. The van der Waals surface area contributed by atoms with Gasteiger partial charge in [0.1, 0.15) is 29.9 Å². The maximum absolute atomic E-state index is 14.8. The van der Waals surface area contributed by atoms with Crippen LogP contribution in [0.2, 0.25) is 5.02 Å². The molecule has 1 aliphatic heterocycles. The third-order valence-corrected chi connectivity index (χ3v) is 8.96. The Kier molecular flexibility index (Phi) is 9.80. The Bertz CT molecular complexity index is 1640. The number of hydrogen-bond acceptors (Lipinski definition) is 7. The Morgan fingerprint density at radius 3 is 2.42 bits per heavy atom. The van der Waals surface area contributed by atoms with Gasteiger partial charge in [-0.3, -0.25) is 4.79 Å². The summed E-state index contributed by atoms with van der Waals surface area (Å²) in [5.74, 6) is -2.23. The fraction of sp³-hybridized carbons (Fsp3) is 0.300. The number of thioether (sulfide) groups is 1. The highest BCUT2D eigenvalue weighted by atomic mass is 35.5. The molecule has 0 aliphatic carbocycles. The van der Waals surface area contributed by atoms with E-state index in [0.717, 1.165) is 30.3 Å². The summed E-state index contributed by atoms with van der Waals surface area (Å²) in [4.78, 5) is 16.5. The number of halogens is 6. The predicted molar refractivity (Wildman–Crippen MR) is 157 cm³/mol. The highest BCUT2D eigenvalue weighted by Gasteiger charge is 2.41. The molecule has 0 radical (unpaired) electrons. The number of benzene rings is 3. The van der Waals surface area contributed by atoms with Crippen molar-refractivity contribution >= 4 is 35.0 Å². The Hall–Kier alpha value is -3.56. The number of hydrogen-bond donors (Lipinski definition) is 2. The summed E-state index contributed by atoms with van der Waals surface area (Å²) >= 11 is 7.25. The van der Waals surface area contributed by atoms with Crippen molar-refractivity contribution in [2.45, 2.75) is 42.0 Å². The molecule has 2 unspecified atom stereocenters. The molecule has 1 amide bonds. The number of carbonyl (C=O) groups is 1. The molecule has 1 fully saturated rings. The standard InChI is InChI=1S/C30H26ClF5N4O4S/c1-17(29(42,14-40-16-37-15-38-40)23-8-7-21(32)11-25(23)33)45-22-12-43-28(44-13-22)19-4-2-18(3-5-19)27(41)39-26-9-6-20(10-24(26)31)30(34,35)36/h2-11,15-17,22,28,42H,12-14H2,1H3,(H,39,41). The van der Waals surface area contributed by atoms with Crippen LogP contribution in [0.3, 0.4) is 0 Å². The van der Waals surface area contributed by atoms with E-state index >= 15 is 0 Å². The predicted octanol–water partition coefficient (Wildman–Crippen LogP) is 6.60. The number of anilines is 1. The fourth-order valence-corrected chi connectivity index (χ4v) is 6.32. The molecule has 1 saturated heterocycles. The van der Waals surface area contributed by atoms with E-state index < -0.39 is 46.4 Å². The van der Waals surface area contributed by atoms with Gasteiger partial charge < -0.3 is 19.9 Å². The lowest BCUT2D eigenvalue weighted by Gasteiger charge is -2.37. The van der Waals surface area contributed by atoms with Crippen molar-refractivity contribution in [2.24, 2.45) is 0 Å². The molecule has 0 bridgehead atoms. The first-order valence-electron chi connectivity index (χ1n) is 13.5. The van der Waals surface area contributed by atoms with Gasteiger partial charge in [-0.2, -0.15) is 18.3 Å². The molecular formula is C30H26ClF5N4O4S. The maximum Gasteiger partial charge on any atom is 0.416 e. The number of amides is 1. The van der Waals surface area contributed by atoms with Gasteiger partial charge in [0.2, 0.25) is 0 Å². The SMILES string of the molecule is CC(SC1COC(c2ccc(C(=O)Nc3ccc(C(F)(F)F)cc3Cl)cc2)OC1)C(O)(Cn1cncn1)c1ccc(F)cc1F. The summed E-state index contributed by atoms with van der Waals surface area (Å²) in [6, 6.07) is 11.9. The van der Waals surface area contributed by atoms with Crippen LogP contribution in [0.1, 0.15) is 40.3 Å². The summed E-state index contributed by atoms with van der Waals surface area (Å²) in [6.07, 6.45) is -2.63. The van der Waals surface area contributed by atoms with Crippen molar-refractivity contribution in [2.75, 3.05) is 18.5 Å². The van der Waals surface area contributed by atoms with E-state index in [1.165, 1.54) is 47.3 Å². The second-order valence-electron chi connectivity index (χ2n) is 10.3. The van der Waals surface area contributed by atoms with Crippen molar-refractivity contribution in [1.29, 1.82) is 0 Å². The summed E-state index contributed by atoms with van der Waals surface area (Å²) in [5.41, 5.74) is -1.92. The Morgan fingerprint density at radius 2 is 1.82 bits per heavy atom. The molecule has 0 spiro atoms. The zero-order valence-corrected chi connectivity index (χ0v) is 25.0. The van der Waals surface area contributed by atoms with Crippen LogP contribution < -0.4 is 5.32 Å². The highest BCUT2D eigenvalue weighted by Crippen LogP contribution is 2.40. The van der Waals surface area contributed by atoms with E-state index in [1.54, 1.807) is 19.1 Å². The molecule has 2 N–H and O–H groups in total. The number of ether oxygens (including phenoxy) is 2. The van der Waals surface area contributed by atoms with E-state index in [1.807, 2.05) is 0 Å². The van der Waals surface area contributed by atoms with Crippen molar-refractivity contribution in [3.8, 4) is 0 Å². The first-order chi connectivity index (χ1) is 21.3. The minimum absolute atomic E-state index is 0.0332. The number of carbonyl (C=O) groups excluding carboxylic acids is 1. The van der Waals surface area contributed by atoms with Gasteiger partial charge in [-0.25, -0.2) is 18.4 Å². The van der Waals surface area contributed by atoms with E-state index in [2.05, 4.69) is 15.4 Å². The Morgan fingerprint density at radius 1 is 1.11 bits per heavy atom. The normalized spacial score (nSPS) is 19.1.